The number of para-hydroxylation sites is 1. The molecule has 9 nitrogen and oxygen atoms in total. The van der Waals surface area contributed by atoms with Crippen LogP contribution in [0.5, 0.6) is 0 Å². The van der Waals surface area contributed by atoms with E-state index in [9.17, 15) is 22.8 Å². The Morgan fingerprint density at radius 3 is 2.21 bits per heavy atom. The number of halogens is 2. The Kier molecular flexibility index (Phi) is 8.91. The lowest BCUT2D eigenvalue weighted by atomic mass is 10.1. The van der Waals surface area contributed by atoms with Gasteiger partial charge in [-0.1, -0.05) is 41.4 Å². The first-order chi connectivity index (χ1) is 18.6. The van der Waals surface area contributed by atoms with Crippen LogP contribution in [0.3, 0.4) is 0 Å². The molecule has 0 aromatic heterocycles. The molecule has 1 aliphatic heterocycles. The number of anilines is 1. The number of amides is 3. The Balaban J connectivity index is 1.54. The monoisotopic (exact) mass is 588 g/mol. The molecule has 4 rings (SSSR count). The average molecular weight is 590 g/mol. The molecule has 3 amide bonds. The molecule has 0 saturated carbocycles. The second kappa shape index (κ2) is 12.2. The van der Waals surface area contributed by atoms with E-state index in [1.54, 1.807) is 23.1 Å². The largest absolute Gasteiger partial charge is 0.343 e. The van der Waals surface area contributed by atoms with Gasteiger partial charge in [0.05, 0.1) is 27.7 Å². The van der Waals surface area contributed by atoms with Gasteiger partial charge in [0.1, 0.15) is 0 Å². The molecule has 0 radical (unpaired) electrons. The zero-order valence-corrected chi connectivity index (χ0v) is 23.0. The standard InChI is InChI=1S/C27H26Cl2N4O5S/c28-19-8-11-23(24(29)16-19)27(36)33(21-4-2-1-3-5-21)39(37,38)22-9-6-18(7-10-22)26(35)31-17-25(34)32-14-12-20(30)13-15-32/h1-11,16,20H,12-15,17,30H2,(H,31,35). The molecule has 0 spiro atoms. The Morgan fingerprint density at radius 1 is 0.949 bits per heavy atom. The van der Waals surface area contributed by atoms with Gasteiger partial charge in [-0.2, -0.15) is 4.31 Å². The fourth-order valence-electron chi connectivity index (χ4n) is 4.10. The number of hydrogen-bond acceptors (Lipinski definition) is 6. The molecule has 0 bridgehead atoms. The number of nitrogens with two attached hydrogens (primary N) is 1. The summed E-state index contributed by atoms with van der Waals surface area (Å²) in [4.78, 5) is 39.9. The van der Waals surface area contributed by atoms with Gasteiger partial charge in [-0.15, -0.1) is 0 Å². The zero-order chi connectivity index (χ0) is 28.2. The number of carbonyl (C=O) groups excluding carboxylic acids is 3. The van der Waals surface area contributed by atoms with Gasteiger partial charge in [0.2, 0.25) is 5.91 Å². The van der Waals surface area contributed by atoms with Crippen LogP contribution in [0.15, 0.2) is 77.7 Å². The third kappa shape index (κ3) is 6.59. The summed E-state index contributed by atoms with van der Waals surface area (Å²) in [6.45, 7) is 0.896. The van der Waals surface area contributed by atoms with E-state index in [4.69, 9.17) is 28.9 Å². The number of piperidine rings is 1. The molecule has 1 heterocycles. The molecule has 39 heavy (non-hydrogen) atoms. The van der Waals surface area contributed by atoms with Crippen LogP contribution in [0.2, 0.25) is 10.0 Å². The topological polar surface area (TPSA) is 130 Å². The number of benzene rings is 3. The van der Waals surface area contributed by atoms with Gasteiger partial charge in [-0.3, -0.25) is 14.4 Å². The van der Waals surface area contributed by atoms with Gasteiger partial charge >= 0.3 is 0 Å². The summed E-state index contributed by atoms with van der Waals surface area (Å²) in [5.41, 5.74) is 6.07. The van der Waals surface area contributed by atoms with Crippen molar-refractivity contribution in [2.75, 3.05) is 23.9 Å². The zero-order valence-electron chi connectivity index (χ0n) is 20.7. The highest BCUT2D eigenvalue weighted by molar-refractivity contribution is 7.93. The third-order valence-electron chi connectivity index (χ3n) is 6.28. The van der Waals surface area contributed by atoms with Gasteiger partial charge < -0.3 is 16.0 Å². The van der Waals surface area contributed by atoms with E-state index in [1.807, 2.05) is 0 Å². The fourth-order valence-corrected chi connectivity index (χ4v) is 6.00. The van der Waals surface area contributed by atoms with Crippen molar-refractivity contribution in [3.05, 3.63) is 94.0 Å². The molecule has 1 fully saturated rings. The molecule has 1 aliphatic rings. The van der Waals surface area contributed by atoms with E-state index in [0.717, 1.165) is 0 Å². The lowest BCUT2D eigenvalue weighted by Crippen LogP contribution is -2.46. The summed E-state index contributed by atoms with van der Waals surface area (Å²) in [6, 6.07) is 17.2. The van der Waals surface area contributed by atoms with Gasteiger partial charge in [-0.25, -0.2) is 8.42 Å². The smallest absolute Gasteiger partial charge is 0.273 e. The lowest BCUT2D eigenvalue weighted by molar-refractivity contribution is -0.131. The molecule has 3 aromatic carbocycles. The summed E-state index contributed by atoms with van der Waals surface area (Å²) in [6.07, 6.45) is 1.42. The highest BCUT2D eigenvalue weighted by Crippen LogP contribution is 2.29. The fraction of sp³-hybridized carbons (Fsp3) is 0.222. The van der Waals surface area contributed by atoms with Crippen molar-refractivity contribution in [3.63, 3.8) is 0 Å². The first kappa shape index (κ1) is 28.6. The first-order valence-electron chi connectivity index (χ1n) is 12.1. The Hall–Kier alpha value is -3.44. The predicted octanol–water partition coefficient (Wildman–Crippen LogP) is 3.71. The molecular formula is C27H26Cl2N4O5S. The average Bonchev–Trinajstić information content (AvgIpc) is 2.92. The SMILES string of the molecule is NC1CCN(C(=O)CNC(=O)c2ccc(S(=O)(=O)N(C(=O)c3ccc(Cl)cc3Cl)c3ccccc3)cc2)CC1. The number of nitrogens with one attached hydrogen (secondary N) is 1. The molecule has 3 aromatic rings. The summed E-state index contributed by atoms with van der Waals surface area (Å²) in [5, 5.41) is 2.85. The van der Waals surface area contributed by atoms with Crippen LogP contribution < -0.4 is 15.4 Å². The molecule has 12 heteroatoms. The van der Waals surface area contributed by atoms with Gasteiger partial charge in [0, 0.05) is 29.7 Å². The maximum absolute atomic E-state index is 13.7. The van der Waals surface area contributed by atoms with Crippen LogP contribution in [0, 0.1) is 0 Å². The maximum Gasteiger partial charge on any atom is 0.273 e. The summed E-state index contributed by atoms with van der Waals surface area (Å²) in [7, 11) is -4.43. The van der Waals surface area contributed by atoms with Crippen molar-refractivity contribution in [1.29, 1.82) is 0 Å². The van der Waals surface area contributed by atoms with E-state index >= 15 is 0 Å². The number of rotatable bonds is 7. The van der Waals surface area contributed by atoms with E-state index in [-0.39, 0.29) is 45.2 Å². The van der Waals surface area contributed by atoms with Crippen LogP contribution in [0.4, 0.5) is 5.69 Å². The Morgan fingerprint density at radius 2 is 1.59 bits per heavy atom. The van der Waals surface area contributed by atoms with Crippen LogP contribution in [0.25, 0.3) is 0 Å². The third-order valence-corrected chi connectivity index (χ3v) is 8.56. The molecule has 0 aliphatic carbocycles. The minimum atomic E-state index is -4.43. The highest BCUT2D eigenvalue weighted by atomic mass is 35.5. The van der Waals surface area contributed by atoms with Crippen molar-refractivity contribution >= 4 is 56.6 Å². The molecule has 0 unspecified atom stereocenters. The normalized spacial score (nSPS) is 14.1. The predicted molar refractivity (Wildman–Crippen MR) is 149 cm³/mol. The second-order valence-electron chi connectivity index (χ2n) is 8.96. The van der Waals surface area contributed by atoms with Crippen molar-refractivity contribution in [2.24, 2.45) is 5.73 Å². The van der Waals surface area contributed by atoms with Crippen molar-refractivity contribution in [2.45, 2.75) is 23.8 Å². The highest BCUT2D eigenvalue weighted by Gasteiger charge is 2.33. The molecule has 1 saturated heterocycles. The lowest BCUT2D eigenvalue weighted by Gasteiger charge is -2.30. The maximum atomic E-state index is 13.7. The van der Waals surface area contributed by atoms with E-state index in [1.165, 1.54) is 54.6 Å². The summed E-state index contributed by atoms with van der Waals surface area (Å²) < 4.78 is 28.0. The molecule has 3 N–H and O–H groups in total. The number of nitrogens with zero attached hydrogens (tertiary/aromatic N) is 2. The number of carbonyl (C=O) groups is 3. The quantitative estimate of drug-likeness (QED) is 0.432. The van der Waals surface area contributed by atoms with Crippen LogP contribution in [0.1, 0.15) is 33.6 Å². The van der Waals surface area contributed by atoms with Crippen molar-refractivity contribution in [1.82, 2.24) is 10.2 Å². The number of hydrogen-bond donors (Lipinski definition) is 2. The Labute approximate surface area is 236 Å². The van der Waals surface area contributed by atoms with Crippen LogP contribution in [-0.4, -0.2) is 56.7 Å². The van der Waals surface area contributed by atoms with Crippen LogP contribution in [-0.2, 0) is 14.8 Å². The van der Waals surface area contributed by atoms with Crippen molar-refractivity contribution < 1.29 is 22.8 Å². The van der Waals surface area contributed by atoms with Crippen LogP contribution >= 0.6 is 23.2 Å². The summed E-state index contributed by atoms with van der Waals surface area (Å²) in [5.74, 6) is -1.63. The van der Waals surface area contributed by atoms with E-state index in [0.29, 0.717) is 35.3 Å². The molecular weight excluding hydrogens is 563 g/mol. The minimum absolute atomic E-state index is 0.00223. The van der Waals surface area contributed by atoms with Gasteiger partial charge in [0.15, 0.2) is 0 Å². The second-order valence-corrected chi connectivity index (χ2v) is 11.6. The molecule has 204 valence electrons. The molecule has 0 atom stereocenters. The van der Waals surface area contributed by atoms with Gasteiger partial charge in [0.25, 0.3) is 21.8 Å². The number of likely N-dealkylation sites (tertiary alicyclic amines) is 1. The van der Waals surface area contributed by atoms with Gasteiger partial charge in [-0.05, 0) is 67.4 Å². The Bertz CT molecular complexity index is 1480. The van der Waals surface area contributed by atoms with E-state index in [2.05, 4.69) is 5.32 Å². The number of sulfonamides is 1. The first-order valence-corrected chi connectivity index (χ1v) is 14.3. The van der Waals surface area contributed by atoms with Crippen molar-refractivity contribution in [3.8, 4) is 0 Å². The minimum Gasteiger partial charge on any atom is -0.343 e. The summed E-state index contributed by atoms with van der Waals surface area (Å²) >= 11 is 12.2. The van der Waals surface area contributed by atoms with E-state index < -0.39 is 21.8 Å².